The van der Waals surface area contributed by atoms with E-state index in [-0.39, 0.29) is 0 Å². The Kier molecular flexibility index (Phi) is 6.32. The molecule has 19 heavy (non-hydrogen) atoms. The van der Waals surface area contributed by atoms with Crippen LogP contribution in [0.15, 0.2) is 24.3 Å². The molecule has 1 aromatic carbocycles. The lowest BCUT2D eigenvalue weighted by atomic mass is 9.98. The lowest BCUT2D eigenvalue weighted by Gasteiger charge is -2.30. The van der Waals surface area contributed by atoms with Gasteiger partial charge in [0.2, 0.25) is 0 Å². The van der Waals surface area contributed by atoms with Crippen LogP contribution in [-0.4, -0.2) is 36.7 Å². The van der Waals surface area contributed by atoms with E-state index in [1.54, 1.807) is 12.1 Å². The Labute approximate surface area is 117 Å². The van der Waals surface area contributed by atoms with Crippen LogP contribution < -0.4 is 5.32 Å². The molecule has 0 radical (unpaired) electrons. The maximum atomic E-state index is 9.37. The van der Waals surface area contributed by atoms with E-state index in [1.807, 2.05) is 12.1 Å². The lowest BCUT2D eigenvalue weighted by Crippen LogP contribution is -2.43. The summed E-state index contributed by atoms with van der Waals surface area (Å²) in [4.78, 5) is 2.22. The zero-order valence-corrected chi connectivity index (χ0v) is 12.9. The van der Waals surface area contributed by atoms with E-state index in [1.165, 1.54) is 5.56 Å². The number of phenols is 1. The van der Waals surface area contributed by atoms with Gasteiger partial charge in [-0.1, -0.05) is 32.9 Å². The van der Waals surface area contributed by atoms with Gasteiger partial charge in [0.05, 0.1) is 0 Å². The number of likely N-dealkylation sites (N-methyl/N-ethyl adjacent to an activating group) is 1. The highest BCUT2D eigenvalue weighted by atomic mass is 16.3. The van der Waals surface area contributed by atoms with Gasteiger partial charge in [0, 0.05) is 18.6 Å². The maximum Gasteiger partial charge on any atom is 0.115 e. The smallest absolute Gasteiger partial charge is 0.115 e. The van der Waals surface area contributed by atoms with Gasteiger partial charge in [-0.15, -0.1) is 0 Å². The summed E-state index contributed by atoms with van der Waals surface area (Å²) in [7, 11) is 4.22. The number of benzene rings is 1. The molecule has 0 bridgehead atoms. The van der Waals surface area contributed by atoms with Crippen LogP contribution in [0, 0.1) is 5.92 Å². The average Bonchev–Trinajstić information content (AvgIpc) is 2.35. The molecule has 0 aromatic heterocycles. The molecule has 2 atom stereocenters. The van der Waals surface area contributed by atoms with Crippen molar-refractivity contribution >= 4 is 0 Å². The second-order valence-corrected chi connectivity index (χ2v) is 5.83. The topological polar surface area (TPSA) is 35.5 Å². The number of aromatic hydroxyl groups is 1. The summed E-state index contributed by atoms with van der Waals surface area (Å²) in [6.45, 7) is 7.74. The average molecular weight is 264 g/mol. The standard InChI is InChI=1S/C16H28N2O/c1-6-15(13-7-9-14(19)10-8-13)17-16(12(2)3)11-18(4)5/h7-10,12,15-17,19H,6,11H2,1-5H3. The summed E-state index contributed by atoms with van der Waals surface area (Å²) in [5, 5.41) is 13.1. The lowest BCUT2D eigenvalue weighted by molar-refractivity contribution is 0.267. The number of hydrogen-bond donors (Lipinski definition) is 2. The van der Waals surface area contributed by atoms with Gasteiger partial charge in [-0.2, -0.15) is 0 Å². The van der Waals surface area contributed by atoms with Gasteiger partial charge < -0.3 is 15.3 Å². The molecule has 3 nitrogen and oxygen atoms in total. The first-order valence-corrected chi connectivity index (χ1v) is 7.13. The molecule has 0 heterocycles. The van der Waals surface area contributed by atoms with Gasteiger partial charge in [-0.3, -0.25) is 0 Å². The van der Waals surface area contributed by atoms with E-state index in [4.69, 9.17) is 0 Å². The molecule has 0 saturated carbocycles. The van der Waals surface area contributed by atoms with Gasteiger partial charge in [-0.05, 0) is 44.1 Å². The van der Waals surface area contributed by atoms with Crippen molar-refractivity contribution in [3.8, 4) is 5.75 Å². The first kappa shape index (κ1) is 16.0. The first-order valence-electron chi connectivity index (χ1n) is 7.13. The third-order valence-corrected chi connectivity index (χ3v) is 3.49. The highest BCUT2D eigenvalue weighted by Gasteiger charge is 2.19. The predicted molar refractivity (Wildman–Crippen MR) is 81.5 cm³/mol. The van der Waals surface area contributed by atoms with Crippen LogP contribution in [0.1, 0.15) is 38.8 Å². The van der Waals surface area contributed by atoms with Crippen LogP contribution in [-0.2, 0) is 0 Å². The second-order valence-electron chi connectivity index (χ2n) is 5.83. The van der Waals surface area contributed by atoms with E-state index in [9.17, 15) is 5.11 Å². The molecular weight excluding hydrogens is 236 g/mol. The second kappa shape index (κ2) is 7.51. The fraction of sp³-hybridized carbons (Fsp3) is 0.625. The molecule has 0 aliphatic carbocycles. The summed E-state index contributed by atoms with van der Waals surface area (Å²) in [5.41, 5.74) is 1.24. The van der Waals surface area contributed by atoms with Gasteiger partial charge in [0.25, 0.3) is 0 Å². The normalized spacial score (nSPS) is 14.9. The molecule has 0 spiro atoms. The van der Waals surface area contributed by atoms with Gasteiger partial charge in [0.1, 0.15) is 5.75 Å². The van der Waals surface area contributed by atoms with Crippen molar-refractivity contribution in [3.63, 3.8) is 0 Å². The minimum atomic E-state index is 0.326. The van der Waals surface area contributed by atoms with Crippen molar-refractivity contribution in [2.24, 2.45) is 5.92 Å². The fourth-order valence-corrected chi connectivity index (χ4v) is 2.26. The largest absolute Gasteiger partial charge is 0.508 e. The molecule has 0 saturated heterocycles. The number of hydrogen-bond acceptors (Lipinski definition) is 3. The molecule has 0 aliphatic rings. The number of nitrogens with one attached hydrogen (secondary N) is 1. The number of phenolic OH excluding ortho intramolecular Hbond substituents is 1. The van der Waals surface area contributed by atoms with Gasteiger partial charge in [-0.25, -0.2) is 0 Å². The van der Waals surface area contributed by atoms with Crippen LogP contribution in [0.3, 0.4) is 0 Å². The Balaban J connectivity index is 2.76. The van der Waals surface area contributed by atoms with Gasteiger partial charge >= 0.3 is 0 Å². The molecule has 1 aromatic rings. The third kappa shape index (κ3) is 5.21. The molecule has 0 amide bonds. The maximum absolute atomic E-state index is 9.37. The zero-order valence-electron chi connectivity index (χ0n) is 12.9. The van der Waals surface area contributed by atoms with E-state index < -0.39 is 0 Å². The Morgan fingerprint density at radius 2 is 1.74 bits per heavy atom. The van der Waals surface area contributed by atoms with Crippen LogP contribution in [0.2, 0.25) is 0 Å². The molecule has 3 heteroatoms. The zero-order chi connectivity index (χ0) is 14.4. The van der Waals surface area contributed by atoms with Crippen LogP contribution in [0.25, 0.3) is 0 Å². The van der Waals surface area contributed by atoms with Crippen LogP contribution >= 0.6 is 0 Å². The number of nitrogens with zero attached hydrogens (tertiary/aromatic N) is 1. The Morgan fingerprint density at radius 3 is 2.16 bits per heavy atom. The van der Waals surface area contributed by atoms with Crippen molar-refractivity contribution in [3.05, 3.63) is 29.8 Å². The summed E-state index contributed by atoms with van der Waals surface area (Å²) in [6.07, 6.45) is 1.04. The molecule has 2 unspecified atom stereocenters. The summed E-state index contributed by atoms with van der Waals surface area (Å²) < 4.78 is 0. The van der Waals surface area contributed by atoms with E-state index in [0.717, 1.165) is 13.0 Å². The Bertz CT molecular complexity index is 360. The molecule has 108 valence electrons. The highest BCUT2D eigenvalue weighted by Crippen LogP contribution is 2.21. The molecule has 0 aliphatic heterocycles. The monoisotopic (exact) mass is 264 g/mol. The molecular formula is C16H28N2O. The first-order chi connectivity index (χ1) is 8.93. The van der Waals surface area contributed by atoms with Gasteiger partial charge in [0.15, 0.2) is 0 Å². The Morgan fingerprint density at radius 1 is 1.16 bits per heavy atom. The van der Waals surface area contributed by atoms with E-state index >= 15 is 0 Å². The van der Waals surface area contributed by atoms with Crippen molar-refractivity contribution < 1.29 is 5.11 Å². The van der Waals surface area contributed by atoms with Crippen LogP contribution in [0.4, 0.5) is 0 Å². The molecule has 0 fully saturated rings. The summed E-state index contributed by atoms with van der Waals surface area (Å²) in [6, 6.07) is 8.33. The summed E-state index contributed by atoms with van der Waals surface area (Å²) >= 11 is 0. The Hall–Kier alpha value is -1.06. The number of rotatable bonds is 7. The molecule has 2 N–H and O–H groups in total. The SMILES string of the molecule is CCC(NC(CN(C)C)C(C)C)c1ccc(O)cc1. The van der Waals surface area contributed by atoms with Crippen molar-refractivity contribution in [2.45, 2.75) is 39.3 Å². The molecule has 1 rings (SSSR count). The minimum Gasteiger partial charge on any atom is -0.508 e. The van der Waals surface area contributed by atoms with Crippen molar-refractivity contribution in [1.82, 2.24) is 10.2 Å². The van der Waals surface area contributed by atoms with E-state index in [0.29, 0.717) is 23.8 Å². The van der Waals surface area contributed by atoms with Crippen molar-refractivity contribution in [2.75, 3.05) is 20.6 Å². The summed E-state index contributed by atoms with van der Waals surface area (Å²) in [5.74, 6) is 0.917. The third-order valence-electron chi connectivity index (χ3n) is 3.49. The van der Waals surface area contributed by atoms with Crippen molar-refractivity contribution in [1.29, 1.82) is 0 Å². The minimum absolute atomic E-state index is 0.326. The van der Waals surface area contributed by atoms with E-state index in [2.05, 4.69) is 45.1 Å². The van der Waals surface area contributed by atoms with Crippen LogP contribution in [0.5, 0.6) is 5.75 Å². The predicted octanol–water partition coefficient (Wildman–Crippen LogP) is 3.02. The fourth-order valence-electron chi connectivity index (χ4n) is 2.26. The highest BCUT2D eigenvalue weighted by molar-refractivity contribution is 5.28. The quantitative estimate of drug-likeness (QED) is 0.794.